The van der Waals surface area contributed by atoms with E-state index in [2.05, 4.69) is 20.3 Å². The molecule has 9 heteroatoms. The molecule has 0 saturated carbocycles. The number of nitrogens with two attached hydrogens (primary N) is 1. The molecular formula is C22H25N5O4. The van der Waals surface area contributed by atoms with Crippen LogP contribution in [-0.2, 0) is 11.2 Å². The molecule has 0 aromatic carbocycles. The summed E-state index contributed by atoms with van der Waals surface area (Å²) in [6, 6.07) is 7.05. The molecule has 162 valence electrons. The van der Waals surface area contributed by atoms with Gasteiger partial charge < -0.3 is 25.3 Å². The summed E-state index contributed by atoms with van der Waals surface area (Å²) in [6.45, 7) is 4.88. The third-order valence-electron chi connectivity index (χ3n) is 4.88. The number of amides is 1. The van der Waals surface area contributed by atoms with Crippen LogP contribution in [0.5, 0.6) is 11.8 Å². The topological polar surface area (TPSA) is 121 Å². The van der Waals surface area contributed by atoms with Crippen molar-refractivity contribution in [3.63, 3.8) is 0 Å². The van der Waals surface area contributed by atoms with Crippen LogP contribution in [-0.4, -0.2) is 54.1 Å². The molecule has 1 fully saturated rings. The van der Waals surface area contributed by atoms with Gasteiger partial charge in [0.05, 0.1) is 18.9 Å². The van der Waals surface area contributed by atoms with E-state index in [4.69, 9.17) is 19.9 Å². The maximum Gasteiger partial charge on any atom is 0.262 e. The molecule has 0 bridgehead atoms. The molecule has 3 N–H and O–H groups in total. The zero-order valence-electron chi connectivity index (χ0n) is 17.7. The first kappa shape index (κ1) is 20.8. The summed E-state index contributed by atoms with van der Waals surface area (Å²) in [6.07, 6.45) is 3.53. The van der Waals surface area contributed by atoms with Crippen molar-refractivity contribution in [3.05, 3.63) is 47.3 Å². The van der Waals surface area contributed by atoms with E-state index < -0.39 is 0 Å². The first-order valence-electron chi connectivity index (χ1n) is 9.99. The largest absolute Gasteiger partial charge is 0.471 e. The van der Waals surface area contributed by atoms with Crippen LogP contribution in [0.4, 0.5) is 5.82 Å². The lowest BCUT2D eigenvalue weighted by atomic mass is 10.0. The molecule has 31 heavy (non-hydrogen) atoms. The van der Waals surface area contributed by atoms with Gasteiger partial charge in [-0.15, -0.1) is 0 Å². The molecular weight excluding hydrogens is 398 g/mol. The van der Waals surface area contributed by atoms with E-state index in [0.29, 0.717) is 48.2 Å². The van der Waals surface area contributed by atoms with E-state index in [1.165, 1.54) is 6.20 Å². The highest BCUT2D eigenvalue weighted by Crippen LogP contribution is 2.37. The molecule has 0 spiro atoms. The van der Waals surface area contributed by atoms with Crippen LogP contribution >= 0.6 is 0 Å². The van der Waals surface area contributed by atoms with Crippen LogP contribution in [0.2, 0.25) is 0 Å². The second-order valence-corrected chi connectivity index (χ2v) is 7.99. The van der Waals surface area contributed by atoms with Gasteiger partial charge in [0.25, 0.3) is 5.91 Å². The van der Waals surface area contributed by atoms with E-state index in [-0.39, 0.29) is 23.5 Å². The lowest BCUT2D eigenvalue weighted by Gasteiger charge is -2.27. The predicted molar refractivity (Wildman–Crippen MR) is 117 cm³/mol. The van der Waals surface area contributed by atoms with Crippen LogP contribution in [0.1, 0.15) is 35.5 Å². The number of carbonyl (C=O) groups excluding carboxylic acids is 1. The molecule has 0 atom stereocenters. The average Bonchev–Trinajstić information content (AvgIpc) is 3.01. The number of ether oxygens (including phenoxy) is 3. The number of hydrogen-bond acceptors (Lipinski definition) is 8. The van der Waals surface area contributed by atoms with E-state index in [0.717, 1.165) is 5.56 Å². The molecule has 2 aromatic heterocycles. The van der Waals surface area contributed by atoms with Gasteiger partial charge in [0.15, 0.2) is 0 Å². The standard InChI is InChI=1S/C22H25N5O4/c1-22(2)8-13-7-16(21(27-20(13)31-22)30-15-11-29-12-15)19(28)26-18-6-4-5-17(25-18)14(9-23)10-24-3/h4-7,9-10,15H,8,11-12,23H2,1-3H3,(H,25,26,28). The number of fused-ring (bicyclic) bond motifs is 1. The van der Waals surface area contributed by atoms with Gasteiger partial charge in [-0.1, -0.05) is 6.07 Å². The fourth-order valence-corrected chi connectivity index (χ4v) is 3.37. The Kier molecular flexibility index (Phi) is 5.60. The summed E-state index contributed by atoms with van der Waals surface area (Å²) in [5.41, 5.74) is 7.70. The maximum absolute atomic E-state index is 13.2. The molecule has 4 heterocycles. The molecule has 2 aliphatic heterocycles. The van der Waals surface area contributed by atoms with Crippen molar-refractivity contribution in [1.29, 1.82) is 0 Å². The van der Waals surface area contributed by atoms with Gasteiger partial charge in [0.1, 0.15) is 23.1 Å². The molecule has 0 radical (unpaired) electrons. The van der Waals surface area contributed by atoms with Crippen molar-refractivity contribution in [2.24, 2.45) is 10.7 Å². The Hall–Kier alpha value is -3.46. The van der Waals surface area contributed by atoms with Gasteiger partial charge >= 0.3 is 0 Å². The molecule has 1 amide bonds. The summed E-state index contributed by atoms with van der Waals surface area (Å²) < 4.78 is 17.0. The Balaban J connectivity index is 1.62. The Morgan fingerprint density at radius 2 is 2.16 bits per heavy atom. The van der Waals surface area contributed by atoms with Gasteiger partial charge in [0, 0.05) is 37.0 Å². The highest BCUT2D eigenvalue weighted by Gasteiger charge is 2.34. The second-order valence-electron chi connectivity index (χ2n) is 7.99. The fourth-order valence-electron chi connectivity index (χ4n) is 3.37. The lowest BCUT2D eigenvalue weighted by Crippen LogP contribution is -2.39. The summed E-state index contributed by atoms with van der Waals surface area (Å²) in [5.74, 6) is 0.719. The third-order valence-corrected chi connectivity index (χ3v) is 4.88. The molecule has 0 aliphatic carbocycles. The number of anilines is 1. The van der Waals surface area contributed by atoms with Gasteiger partial charge in [-0.2, -0.15) is 4.98 Å². The minimum atomic E-state index is -0.386. The zero-order chi connectivity index (χ0) is 22.0. The van der Waals surface area contributed by atoms with E-state index >= 15 is 0 Å². The van der Waals surface area contributed by atoms with Gasteiger partial charge in [-0.05, 0) is 32.0 Å². The zero-order valence-corrected chi connectivity index (χ0v) is 17.7. The van der Waals surface area contributed by atoms with Gasteiger partial charge in [-0.3, -0.25) is 9.79 Å². The molecule has 4 rings (SSSR count). The van der Waals surface area contributed by atoms with Crippen LogP contribution in [0.15, 0.2) is 35.5 Å². The van der Waals surface area contributed by atoms with Crippen LogP contribution in [0.25, 0.3) is 5.57 Å². The summed E-state index contributed by atoms with van der Waals surface area (Å²) in [5, 5.41) is 2.83. The Labute approximate surface area is 180 Å². The van der Waals surface area contributed by atoms with Crippen molar-refractivity contribution in [2.75, 3.05) is 25.6 Å². The molecule has 2 aliphatic rings. The van der Waals surface area contributed by atoms with Crippen molar-refractivity contribution in [2.45, 2.75) is 32.0 Å². The van der Waals surface area contributed by atoms with E-state index in [1.54, 1.807) is 37.5 Å². The molecule has 9 nitrogen and oxygen atoms in total. The lowest BCUT2D eigenvalue weighted by molar-refractivity contribution is -0.0816. The molecule has 2 aromatic rings. The predicted octanol–water partition coefficient (Wildman–Crippen LogP) is 2.22. The van der Waals surface area contributed by atoms with Crippen molar-refractivity contribution >= 4 is 23.5 Å². The Morgan fingerprint density at radius 3 is 2.84 bits per heavy atom. The Bertz CT molecular complexity index is 1060. The number of rotatable bonds is 6. The number of hydrogen-bond donors (Lipinski definition) is 2. The maximum atomic E-state index is 13.2. The highest BCUT2D eigenvalue weighted by molar-refractivity contribution is 6.09. The number of carbonyl (C=O) groups is 1. The molecule has 1 saturated heterocycles. The van der Waals surface area contributed by atoms with E-state index in [1.807, 2.05) is 13.8 Å². The quantitative estimate of drug-likeness (QED) is 0.683. The smallest absolute Gasteiger partial charge is 0.262 e. The normalized spacial score (nSPS) is 17.7. The number of nitrogens with zero attached hydrogens (tertiary/aromatic N) is 3. The molecule has 0 unspecified atom stereocenters. The van der Waals surface area contributed by atoms with Crippen LogP contribution in [0, 0.1) is 0 Å². The monoisotopic (exact) mass is 423 g/mol. The summed E-state index contributed by atoms with van der Waals surface area (Å²) in [7, 11) is 1.65. The second kappa shape index (κ2) is 8.35. The highest BCUT2D eigenvalue weighted by atomic mass is 16.6. The minimum Gasteiger partial charge on any atom is -0.471 e. The number of aromatic nitrogens is 2. The number of aliphatic imine (C=N–C) groups is 1. The SMILES string of the molecule is CN=CC(=CN)c1cccc(NC(=O)c2cc3c(nc2OC2COC2)OC(C)(C)C3)n1. The number of nitrogens with one attached hydrogen (secondary N) is 1. The average molecular weight is 423 g/mol. The summed E-state index contributed by atoms with van der Waals surface area (Å²) in [4.78, 5) is 26.1. The van der Waals surface area contributed by atoms with Crippen molar-refractivity contribution in [1.82, 2.24) is 9.97 Å². The summed E-state index contributed by atoms with van der Waals surface area (Å²) >= 11 is 0. The van der Waals surface area contributed by atoms with Crippen molar-refractivity contribution < 1.29 is 19.0 Å². The van der Waals surface area contributed by atoms with Crippen LogP contribution in [0.3, 0.4) is 0 Å². The third kappa shape index (κ3) is 4.51. The van der Waals surface area contributed by atoms with Crippen LogP contribution < -0.4 is 20.5 Å². The van der Waals surface area contributed by atoms with Gasteiger partial charge in [0.2, 0.25) is 11.8 Å². The Morgan fingerprint density at radius 1 is 1.35 bits per heavy atom. The fraction of sp³-hybridized carbons (Fsp3) is 0.364. The minimum absolute atomic E-state index is 0.140. The van der Waals surface area contributed by atoms with Crippen molar-refractivity contribution in [3.8, 4) is 11.8 Å². The first-order chi connectivity index (χ1) is 14.9. The first-order valence-corrected chi connectivity index (χ1v) is 9.99. The van der Waals surface area contributed by atoms with Gasteiger partial charge in [-0.25, -0.2) is 4.98 Å². The number of pyridine rings is 2. The van der Waals surface area contributed by atoms with E-state index in [9.17, 15) is 4.79 Å². The number of allylic oxidation sites excluding steroid dienone is 1.